The summed E-state index contributed by atoms with van der Waals surface area (Å²) in [5.41, 5.74) is 0.515. The maximum absolute atomic E-state index is 13.6. The Kier molecular flexibility index (Phi) is 3.15. The van der Waals surface area contributed by atoms with Crippen molar-refractivity contribution in [2.75, 3.05) is 7.11 Å². The van der Waals surface area contributed by atoms with Crippen molar-refractivity contribution in [2.45, 2.75) is 19.8 Å². The predicted molar refractivity (Wildman–Crippen MR) is 52.1 cm³/mol. The molecule has 0 spiro atoms. The zero-order valence-corrected chi connectivity index (χ0v) is 8.65. The summed E-state index contributed by atoms with van der Waals surface area (Å²) in [5, 5.41) is 0.452. The molecule has 0 aliphatic rings. The van der Waals surface area contributed by atoms with Crippen LogP contribution in [-0.4, -0.2) is 7.11 Å². The zero-order chi connectivity index (χ0) is 10.0. The molecule has 0 heterocycles. The number of hydrogen-bond acceptors (Lipinski definition) is 1. The summed E-state index contributed by atoms with van der Waals surface area (Å²) in [4.78, 5) is 0. The highest BCUT2D eigenvalue weighted by Gasteiger charge is 2.15. The van der Waals surface area contributed by atoms with Gasteiger partial charge in [-0.25, -0.2) is 4.39 Å². The summed E-state index contributed by atoms with van der Waals surface area (Å²) in [7, 11) is 1.44. The summed E-state index contributed by atoms with van der Waals surface area (Å²) in [6, 6.07) is 3.18. The maximum Gasteiger partial charge on any atom is 0.169 e. The molecule has 3 heteroatoms. The summed E-state index contributed by atoms with van der Waals surface area (Å²) in [6.45, 7) is 3.79. The molecule has 1 aromatic carbocycles. The Balaban J connectivity index is 3.30. The number of methoxy groups -OCH3 is 1. The van der Waals surface area contributed by atoms with E-state index in [1.165, 1.54) is 13.2 Å². The lowest BCUT2D eigenvalue weighted by atomic mass is 10.0. The van der Waals surface area contributed by atoms with Crippen molar-refractivity contribution in [1.29, 1.82) is 0 Å². The molecule has 0 saturated heterocycles. The van der Waals surface area contributed by atoms with Gasteiger partial charge in [0, 0.05) is 10.6 Å². The third-order valence-electron chi connectivity index (χ3n) is 1.89. The lowest BCUT2D eigenvalue weighted by molar-refractivity contribution is 0.383. The molecule has 0 aromatic heterocycles. The second kappa shape index (κ2) is 3.97. The van der Waals surface area contributed by atoms with Gasteiger partial charge in [0.05, 0.1) is 7.11 Å². The van der Waals surface area contributed by atoms with Gasteiger partial charge in [0.1, 0.15) is 0 Å². The zero-order valence-electron chi connectivity index (χ0n) is 7.90. The fourth-order valence-corrected chi connectivity index (χ4v) is 1.60. The van der Waals surface area contributed by atoms with Gasteiger partial charge in [0.25, 0.3) is 0 Å². The highest BCUT2D eigenvalue weighted by Crippen LogP contribution is 2.32. The van der Waals surface area contributed by atoms with Crippen LogP contribution in [0.4, 0.5) is 4.39 Å². The molecule has 0 unspecified atom stereocenters. The predicted octanol–water partition coefficient (Wildman–Crippen LogP) is 3.61. The average Bonchev–Trinajstić information content (AvgIpc) is 2.04. The van der Waals surface area contributed by atoms with E-state index in [1.807, 2.05) is 13.8 Å². The lowest BCUT2D eigenvalue weighted by Gasteiger charge is -2.11. The highest BCUT2D eigenvalue weighted by molar-refractivity contribution is 6.31. The minimum absolute atomic E-state index is 0.0580. The molecule has 0 aliphatic heterocycles. The summed E-state index contributed by atoms with van der Waals surface area (Å²) >= 11 is 5.86. The number of hydrogen-bond donors (Lipinski definition) is 0. The van der Waals surface area contributed by atoms with Crippen LogP contribution < -0.4 is 4.74 Å². The minimum Gasteiger partial charge on any atom is -0.494 e. The molecule has 0 aliphatic carbocycles. The Morgan fingerprint density at radius 1 is 1.38 bits per heavy atom. The van der Waals surface area contributed by atoms with Crippen molar-refractivity contribution >= 4 is 11.6 Å². The van der Waals surface area contributed by atoms with E-state index in [0.29, 0.717) is 10.6 Å². The van der Waals surface area contributed by atoms with Crippen LogP contribution in [0.2, 0.25) is 5.02 Å². The fraction of sp³-hybridized carbons (Fsp3) is 0.400. The van der Waals surface area contributed by atoms with Gasteiger partial charge >= 0.3 is 0 Å². The Morgan fingerprint density at radius 2 is 2.00 bits per heavy atom. The Morgan fingerprint density at radius 3 is 2.46 bits per heavy atom. The molecular formula is C10H12ClFO. The molecule has 0 N–H and O–H groups in total. The van der Waals surface area contributed by atoms with Crippen LogP contribution >= 0.6 is 11.6 Å². The van der Waals surface area contributed by atoms with Gasteiger partial charge in [-0.15, -0.1) is 0 Å². The first-order chi connectivity index (χ1) is 6.07. The maximum atomic E-state index is 13.6. The standard InChI is InChI=1S/C10H12ClFO/c1-6(2)9-7(11)4-5-8(13-3)10(9)12/h4-6H,1-3H3. The van der Waals surface area contributed by atoms with Crippen LogP contribution in [0.15, 0.2) is 12.1 Å². The van der Waals surface area contributed by atoms with Gasteiger partial charge in [0.2, 0.25) is 0 Å². The Bertz CT molecular complexity index is 310. The van der Waals surface area contributed by atoms with E-state index in [4.69, 9.17) is 16.3 Å². The lowest BCUT2D eigenvalue weighted by Crippen LogP contribution is -1.97. The van der Waals surface area contributed by atoms with Crippen LogP contribution in [0.5, 0.6) is 5.75 Å². The van der Waals surface area contributed by atoms with Gasteiger partial charge in [-0.1, -0.05) is 25.4 Å². The van der Waals surface area contributed by atoms with Crippen molar-refractivity contribution in [3.63, 3.8) is 0 Å². The largest absolute Gasteiger partial charge is 0.494 e. The molecule has 0 atom stereocenters. The van der Waals surface area contributed by atoms with Crippen molar-refractivity contribution in [3.05, 3.63) is 28.5 Å². The van der Waals surface area contributed by atoms with Crippen LogP contribution in [0.1, 0.15) is 25.3 Å². The van der Waals surface area contributed by atoms with Crippen molar-refractivity contribution in [1.82, 2.24) is 0 Å². The number of ether oxygens (including phenoxy) is 1. The molecule has 0 amide bonds. The third-order valence-corrected chi connectivity index (χ3v) is 2.22. The summed E-state index contributed by atoms with van der Waals surface area (Å²) < 4.78 is 18.4. The molecule has 0 radical (unpaired) electrons. The average molecular weight is 203 g/mol. The molecule has 0 bridgehead atoms. The van der Waals surface area contributed by atoms with Crippen LogP contribution in [0, 0.1) is 5.82 Å². The van der Waals surface area contributed by atoms with Gasteiger partial charge in [-0.2, -0.15) is 0 Å². The van der Waals surface area contributed by atoms with E-state index >= 15 is 0 Å². The summed E-state index contributed by atoms with van der Waals surface area (Å²) in [6.07, 6.45) is 0. The summed E-state index contributed by atoms with van der Waals surface area (Å²) in [5.74, 6) is -0.0549. The second-order valence-corrected chi connectivity index (χ2v) is 3.54. The molecular weight excluding hydrogens is 191 g/mol. The Hall–Kier alpha value is -0.760. The van der Waals surface area contributed by atoms with Crippen molar-refractivity contribution in [3.8, 4) is 5.75 Å². The second-order valence-electron chi connectivity index (χ2n) is 3.13. The molecule has 1 nitrogen and oxygen atoms in total. The molecule has 13 heavy (non-hydrogen) atoms. The topological polar surface area (TPSA) is 9.23 Å². The van der Waals surface area contributed by atoms with Gasteiger partial charge in [-0.3, -0.25) is 0 Å². The van der Waals surface area contributed by atoms with E-state index in [0.717, 1.165) is 0 Å². The smallest absolute Gasteiger partial charge is 0.169 e. The normalized spacial score (nSPS) is 10.6. The van der Waals surface area contributed by atoms with Crippen molar-refractivity contribution in [2.24, 2.45) is 0 Å². The van der Waals surface area contributed by atoms with E-state index in [2.05, 4.69) is 0 Å². The van der Waals surface area contributed by atoms with Gasteiger partial charge in [-0.05, 0) is 18.1 Å². The van der Waals surface area contributed by atoms with E-state index in [1.54, 1.807) is 6.07 Å². The molecule has 1 rings (SSSR count). The molecule has 1 aromatic rings. The van der Waals surface area contributed by atoms with Crippen LogP contribution in [0.25, 0.3) is 0 Å². The van der Waals surface area contributed by atoms with Crippen LogP contribution in [0.3, 0.4) is 0 Å². The van der Waals surface area contributed by atoms with E-state index < -0.39 is 0 Å². The number of benzene rings is 1. The minimum atomic E-state index is -0.356. The van der Waals surface area contributed by atoms with E-state index in [9.17, 15) is 4.39 Å². The molecule has 0 saturated carbocycles. The monoisotopic (exact) mass is 202 g/mol. The number of rotatable bonds is 2. The van der Waals surface area contributed by atoms with Crippen LogP contribution in [-0.2, 0) is 0 Å². The highest BCUT2D eigenvalue weighted by atomic mass is 35.5. The Labute approximate surface area is 82.5 Å². The first kappa shape index (κ1) is 10.3. The number of halogens is 2. The first-order valence-electron chi connectivity index (χ1n) is 4.09. The SMILES string of the molecule is COc1ccc(Cl)c(C(C)C)c1F. The molecule has 0 fully saturated rings. The van der Waals surface area contributed by atoms with E-state index in [-0.39, 0.29) is 17.5 Å². The molecule has 72 valence electrons. The fourth-order valence-electron chi connectivity index (χ4n) is 1.24. The van der Waals surface area contributed by atoms with Gasteiger partial charge in [0.15, 0.2) is 11.6 Å². The van der Waals surface area contributed by atoms with Crippen molar-refractivity contribution < 1.29 is 9.13 Å². The quantitative estimate of drug-likeness (QED) is 0.712. The van der Waals surface area contributed by atoms with Gasteiger partial charge < -0.3 is 4.74 Å². The third kappa shape index (κ3) is 1.94. The first-order valence-corrected chi connectivity index (χ1v) is 4.47.